The Morgan fingerprint density at radius 1 is 1.41 bits per heavy atom. The fraction of sp³-hybridized carbons (Fsp3) is 0.538. The van der Waals surface area contributed by atoms with Gasteiger partial charge in [0.25, 0.3) is 0 Å². The minimum absolute atomic E-state index is 0.265. The lowest BCUT2D eigenvalue weighted by Gasteiger charge is -2.12. The zero-order valence-electron chi connectivity index (χ0n) is 9.93. The van der Waals surface area contributed by atoms with Crippen LogP contribution in [0, 0.1) is 11.6 Å². The van der Waals surface area contributed by atoms with E-state index in [1.807, 2.05) is 0 Å². The van der Waals surface area contributed by atoms with Crippen LogP contribution in [0.4, 0.5) is 8.78 Å². The van der Waals surface area contributed by atoms with Gasteiger partial charge in [0.1, 0.15) is 0 Å². The Morgan fingerprint density at radius 2 is 2.24 bits per heavy atom. The second kappa shape index (κ2) is 5.56. The molecule has 0 spiro atoms. The standard InChI is InChI=1S/C13H17F2NO/c1-17-8-9-5-10(13(15)12(14)6-9)7-11-3-2-4-16-11/h5-6,11,16H,2-4,7-8H2,1H3. The predicted molar refractivity (Wildman–Crippen MR) is 61.8 cm³/mol. The van der Waals surface area contributed by atoms with Crippen LogP contribution in [0.3, 0.4) is 0 Å². The quantitative estimate of drug-likeness (QED) is 0.874. The van der Waals surface area contributed by atoms with Crippen molar-refractivity contribution in [2.24, 2.45) is 0 Å². The molecule has 0 amide bonds. The molecule has 2 rings (SSSR count). The van der Waals surface area contributed by atoms with Crippen molar-refractivity contribution in [3.63, 3.8) is 0 Å². The lowest BCUT2D eigenvalue weighted by atomic mass is 10.0. The number of hydrogen-bond acceptors (Lipinski definition) is 2. The third kappa shape index (κ3) is 3.01. The largest absolute Gasteiger partial charge is 0.380 e. The fourth-order valence-corrected chi connectivity index (χ4v) is 2.30. The van der Waals surface area contributed by atoms with Gasteiger partial charge in [-0.25, -0.2) is 8.78 Å². The van der Waals surface area contributed by atoms with Gasteiger partial charge in [0.15, 0.2) is 11.6 Å². The highest BCUT2D eigenvalue weighted by molar-refractivity contribution is 5.27. The first-order chi connectivity index (χ1) is 8.20. The van der Waals surface area contributed by atoms with E-state index in [0.717, 1.165) is 19.4 Å². The maximum Gasteiger partial charge on any atom is 0.162 e. The van der Waals surface area contributed by atoms with E-state index in [2.05, 4.69) is 5.32 Å². The Hall–Kier alpha value is -1.00. The van der Waals surface area contributed by atoms with Crippen molar-refractivity contribution in [3.05, 3.63) is 34.9 Å². The number of halogens is 2. The average molecular weight is 241 g/mol. The number of rotatable bonds is 4. The van der Waals surface area contributed by atoms with Gasteiger partial charge in [-0.1, -0.05) is 6.07 Å². The summed E-state index contributed by atoms with van der Waals surface area (Å²) in [5.41, 5.74) is 1.12. The summed E-state index contributed by atoms with van der Waals surface area (Å²) in [5.74, 6) is -1.51. The molecule has 0 radical (unpaired) electrons. The van der Waals surface area contributed by atoms with Gasteiger partial charge < -0.3 is 10.1 Å². The van der Waals surface area contributed by atoms with Crippen LogP contribution in [0.15, 0.2) is 12.1 Å². The molecule has 1 heterocycles. The molecule has 1 N–H and O–H groups in total. The van der Waals surface area contributed by atoms with Gasteiger partial charge in [-0.3, -0.25) is 0 Å². The third-order valence-corrected chi connectivity index (χ3v) is 3.10. The molecule has 1 aromatic rings. The molecule has 1 aliphatic heterocycles. The van der Waals surface area contributed by atoms with Gasteiger partial charge in [-0.15, -0.1) is 0 Å². The minimum atomic E-state index is -0.785. The molecule has 17 heavy (non-hydrogen) atoms. The molecule has 1 unspecified atom stereocenters. The summed E-state index contributed by atoms with van der Waals surface area (Å²) in [4.78, 5) is 0. The molecule has 2 nitrogen and oxygen atoms in total. The summed E-state index contributed by atoms with van der Waals surface area (Å²) in [5, 5.41) is 3.28. The number of methoxy groups -OCH3 is 1. The Bertz CT molecular complexity index is 389. The summed E-state index contributed by atoms with van der Waals surface area (Å²) in [7, 11) is 1.54. The number of benzene rings is 1. The first kappa shape index (κ1) is 12.5. The van der Waals surface area contributed by atoms with Gasteiger partial charge >= 0.3 is 0 Å². The van der Waals surface area contributed by atoms with Gasteiger partial charge in [0.05, 0.1) is 6.61 Å². The van der Waals surface area contributed by atoms with Gasteiger partial charge in [0, 0.05) is 13.2 Å². The van der Waals surface area contributed by atoms with E-state index in [4.69, 9.17) is 4.74 Å². The number of nitrogens with one attached hydrogen (secondary N) is 1. The van der Waals surface area contributed by atoms with E-state index < -0.39 is 11.6 Å². The molecule has 0 bridgehead atoms. The Balaban J connectivity index is 2.18. The molecule has 1 saturated heterocycles. The normalized spacial score (nSPS) is 19.8. The monoisotopic (exact) mass is 241 g/mol. The number of hydrogen-bond donors (Lipinski definition) is 1. The van der Waals surface area contributed by atoms with Crippen molar-refractivity contribution in [2.45, 2.75) is 31.9 Å². The molecular weight excluding hydrogens is 224 g/mol. The van der Waals surface area contributed by atoms with Crippen molar-refractivity contribution in [2.75, 3.05) is 13.7 Å². The second-order valence-electron chi connectivity index (χ2n) is 4.48. The maximum atomic E-state index is 13.6. The van der Waals surface area contributed by atoms with Crippen LogP contribution >= 0.6 is 0 Å². The van der Waals surface area contributed by atoms with Crippen molar-refractivity contribution in [1.29, 1.82) is 0 Å². The summed E-state index contributed by atoms with van der Waals surface area (Å²) in [6.45, 7) is 1.27. The van der Waals surface area contributed by atoms with E-state index in [9.17, 15) is 8.78 Å². The molecule has 4 heteroatoms. The molecule has 94 valence electrons. The van der Waals surface area contributed by atoms with Crippen LogP contribution in [0.1, 0.15) is 24.0 Å². The van der Waals surface area contributed by atoms with Crippen molar-refractivity contribution in [1.82, 2.24) is 5.32 Å². The molecular formula is C13H17F2NO. The van der Waals surface area contributed by atoms with Crippen molar-refractivity contribution >= 4 is 0 Å². The smallest absolute Gasteiger partial charge is 0.162 e. The van der Waals surface area contributed by atoms with Gasteiger partial charge in [-0.05, 0) is 43.0 Å². The molecule has 0 aromatic heterocycles. The summed E-state index contributed by atoms with van der Waals surface area (Å²) < 4.78 is 32.0. The predicted octanol–water partition coefficient (Wildman–Crippen LogP) is 2.41. The van der Waals surface area contributed by atoms with Crippen LogP contribution in [0.5, 0.6) is 0 Å². The Kier molecular flexibility index (Phi) is 4.07. The van der Waals surface area contributed by atoms with Crippen LogP contribution in [0.2, 0.25) is 0 Å². The van der Waals surface area contributed by atoms with E-state index in [0.29, 0.717) is 24.2 Å². The van der Waals surface area contributed by atoms with Gasteiger partial charge in [0.2, 0.25) is 0 Å². The third-order valence-electron chi connectivity index (χ3n) is 3.10. The minimum Gasteiger partial charge on any atom is -0.380 e. The highest BCUT2D eigenvalue weighted by atomic mass is 19.2. The zero-order valence-corrected chi connectivity index (χ0v) is 9.93. The summed E-state index contributed by atoms with van der Waals surface area (Å²) >= 11 is 0. The highest BCUT2D eigenvalue weighted by Gasteiger charge is 2.18. The number of ether oxygens (including phenoxy) is 1. The van der Waals surface area contributed by atoms with Crippen LogP contribution in [0.25, 0.3) is 0 Å². The first-order valence-corrected chi connectivity index (χ1v) is 5.90. The molecule has 0 aliphatic carbocycles. The van der Waals surface area contributed by atoms with E-state index >= 15 is 0 Å². The van der Waals surface area contributed by atoms with Gasteiger partial charge in [-0.2, -0.15) is 0 Å². The fourth-order valence-electron chi connectivity index (χ4n) is 2.30. The second-order valence-corrected chi connectivity index (χ2v) is 4.48. The topological polar surface area (TPSA) is 21.3 Å². The first-order valence-electron chi connectivity index (χ1n) is 5.90. The van der Waals surface area contributed by atoms with Crippen LogP contribution in [-0.4, -0.2) is 19.7 Å². The van der Waals surface area contributed by atoms with Crippen LogP contribution in [-0.2, 0) is 17.8 Å². The molecule has 0 saturated carbocycles. The van der Waals surface area contributed by atoms with Crippen molar-refractivity contribution in [3.8, 4) is 0 Å². The van der Waals surface area contributed by atoms with Crippen molar-refractivity contribution < 1.29 is 13.5 Å². The average Bonchev–Trinajstić information content (AvgIpc) is 2.78. The Labute approximate surface area is 100.0 Å². The summed E-state index contributed by atoms with van der Waals surface area (Å²) in [6.07, 6.45) is 2.67. The zero-order chi connectivity index (χ0) is 12.3. The Morgan fingerprint density at radius 3 is 2.88 bits per heavy atom. The maximum absolute atomic E-state index is 13.6. The van der Waals surface area contributed by atoms with E-state index in [1.54, 1.807) is 13.2 Å². The molecule has 1 aromatic carbocycles. The lowest BCUT2D eigenvalue weighted by molar-refractivity contribution is 0.184. The molecule has 1 aliphatic rings. The lowest BCUT2D eigenvalue weighted by Crippen LogP contribution is -2.24. The molecule has 1 atom stereocenters. The SMILES string of the molecule is COCc1cc(F)c(F)c(CC2CCCN2)c1. The highest BCUT2D eigenvalue weighted by Crippen LogP contribution is 2.19. The molecule has 1 fully saturated rings. The van der Waals surface area contributed by atoms with Crippen LogP contribution < -0.4 is 5.32 Å². The van der Waals surface area contributed by atoms with E-state index in [1.165, 1.54) is 6.07 Å². The summed E-state index contributed by atoms with van der Waals surface area (Å²) in [6, 6.07) is 3.16. The van der Waals surface area contributed by atoms with E-state index in [-0.39, 0.29) is 6.04 Å².